The largest absolute Gasteiger partial charge is 0.349 e. The molecule has 3 rings (SSSR count). The van der Waals surface area contributed by atoms with Crippen molar-refractivity contribution in [3.05, 3.63) is 74.8 Å². The van der Waals surface area contributed by atoms with E-state index in [0.717, 1.165) is 12.1 Å². The van der Waals surface area contributed by atoms with Crippen LogP contribution in [0.2, 0.25) is 0 Å². The quantitative estimate of drug-likeness (QED) is 0.627. The zero-order valence-electron chi connectivity index (χ0n) is 15.7. The molecule has 1 fully saturated rings. The SMILES string of the molecule is Cc1c(F)cc(C(=O)NC2CCN(C(=O)c3ccccc3F)CC2)cc1[N+](=O)[O-]. The molecule has 0 bridgehead atoms. The number of likely N-dealkylation sites (tertiary alicyclic amines) is 1. The number of piperidine rings is 1. The molecule has 29 heavy (non-hydrogen) atoms. The molecule has 2 aromatic carbocycles. The van der Waals surface area contributed by atoms with Crippen LogP contribution in [0.1, 0.15) is 39.1 Å². The van der Waals surface area contributed by atoms with Gasteiger partial charge in [-0.05, 0) is 38.0 Å². The highest BCUT2D eigenvalue weighted by atomic mass is 19.1. The van der Waals surface area contributed by atoms with Crippen molar-refractivity contribution in [2.75, 3.05) is 13.1 Å². The standard InChI is InChI=1S/C20H19F2N3O4/c1-12-17(22)10-13(11-18(12)25(28)29)19(26)23-14-6-8-24(9-7-14)20(27)15-4-2-3-5-16(15)21/h2-5,10-11,14H,6-9H2,1H3,(H,23,26). The number of nitrogens with one attached hydrogen (secondary N) is 1. The molecule has 152 valence electrons. The molecule has 0 aromatic heterocycles. The Balaban J connectivity index is 1.62. The first-order valence-corrected chi connectivity index (χ1v) is 9.07. The summed E-state index contributed by atoms with van der Waals surface area (Å²) in [5, 5.41) is 13.7. The summed E-state index contributed by atoms with van der Waals surface area (Å²) in [6.45, 7) is 1.92. The first-order valence-electron chi connectivity index (χ1n) is 9.07. The number of nitrogens with zero attached hydrogens (tertiary/aromatic N) is 2. The Hall–Kier alpha value is -3.36. The summed E-state index contributed by atoms with van der Waals surface area (Å²) >= 11 is 0. The zero-order chi connectivity index (χ0) is 21.1. The predicted molar refractivity (Wildman–Crippen MR) is 101 cm³/mol. The second kappa shape index (κ2) is 8.34. The molecular weight excluding hydrogens is 384 g/mol. The van der Waals surface area contributed by atoms with Gasteiger partial charge in [0.15, 0.2) is 0 Å². The van der Waals surface area contributed by atoms with Crippen LogP contribution in [0.4, 0.5) is 14.5 Å². The van der Waals surface area contributed by atoms with Crippen LogP contribution in [-0.4, -0.2) is 40.8 Å². The Labute approximate surface area is 165 Å². The van der Waals surface area contributed by atoms with Gasteiger partial charge in [0.25, 0.3) is 17.5 Å². The summed E-state index contributed by atoms with van der Waals surface area (Å²) in [7, 11) is 0. The molecular formula is C20H19F2N3O4. The average molecular weight is 403 g/mol. The molecule has 0 atom stereocenters. The fraction of sp³-hybridized carbons (Fsp3) is 0.300. The molecule has 0 unspecified atom stereocenters. The van der Waals surface area contributed by atoms with Crippen molar-refractivity contribution in [2.24, 2.45) is 0 Å². The summed E-state index contributed by atoms with van der Waals surface area (Å²) in [5.41, 5.74) is -0.728. The average Bonchev–Trinajstić information content (AvgIpc) is 2.70. The van der Waals surface area contributed by atoms with E-state index in [1.165, 1.54) is 30.0 Å². The molecule has 1 saturated heterocycles. The van der Waals surface area contributed by atoms with Crippen molar-refractivity contribution in [1.82, 2.24) is 10.2 Å². The third-order valence-electron chi connectivity index (χ3n) is 5.00. The number of benzene rings is 2. The van der Waals surface area contributed by atoms with Crippen molar-refractivity contribution >= 4 is 17.5 Å². The monoisotopic (exact) mass is 403 g/mol. The summed E-state index contributed by atoms with van der Waals surface area (Å²) in [5.74, 6) is -2.44. The van der Waals surface area contributed by atoms with Crippen LogP contribution in [0.3, 0.4) is 0 Å². The van der Waals surface area contributed by atoms with Crippen LogP contribution >= 0.6 is 0 Å². The molecule has 1 heterocycles. The van der Waals surface area contributed by atoms with Crippen LogP contribution in [0.25, 0.3) is 0 Å². The van der Waals surface area contributed by atoms with Gasteiger partial charge in [-0.3, -0.25) is 19.7 Å². The van der Waals surface area contributed by atoms with Gasteiger partial charge in [-0.15, -0.1) is 0 Å². The van der Waals surface area contributed by atoms with E-state index < -0.39 is 34.1 Å². The zero-order valence-corrected chi connectivity index (χ0v) is 15.7. The lowest BCUT2D eigenvalue weighted by atomic mass is 10.0. The van der Waals surface area contributed by atoms with Gasteiger partial charge in [-0.2, -0.15) is 0 Å². The molecule has 1 aliphatic rings. The number of hydrogen-bond acceptors (Lipinski definition) is 4. The summed E-state index contributed by atoms with van der Waals surface area (Å²) < 4.78 is 27.7. The Morgan fingerprint density at radius 1 is 1.14 bits per heavy atom. The van der Waals surface area contributed by atoms with E-state index in [9.17, 15) is 28.5 Å². The van der Waals surface area contributed by atoms with Gasteiger partial charge in [0.05, 0.1) is 16.1 Å². The second-order valence-electron chi connectivity index (χ2n) is 6.88. The van der Waals surface area contributed by atoms with Gasteiger partial charge in [0, 0.05) is 30.8 Å². The second-order valence-corrected chi connectivity index (χ2v) is 6.88. The van der Waals surface area contributed by atoms with Gasteiger partial charge in [-0.25, -0.2) is 8.78 Å². The van der Waals surface area contributed by atoms with E-state index in [-0.39, 0.29) is 22.7 Å². The van der Waals surface area contributed by atoms with E-state index in [1.54, 1.807) is 6.07 Å². The Kier molecular flexibility index (Phi) is 5.86. The van der Waals surface area contributed by atoms with Crippen molar-refractivity contribution in [3.8, 4) is 0 Å². The van der Waals surface area contributed by atoms with Crippen LogP contribution in [0.5, 0.6) is 0 Å². The molecule has 1 aliphatic heterocycles. The van der Waals surface area contributed by atoms with Crippen LogP contribution in [-0.2, 0) is 0 Å². The third-order valence-corrected chi connectivity index (χ3v) is 5.00. The van der Waals surface area contributed by atoms with E-state index in [2.05, 4.69) is 5.32 Å². The highest BCUT2D eigenvalue weighted by Crippen LogP contribution is 2.23. The normalized spacial score (nSPS) is 14.5. The Morgan fingerprint density at radius 2 is 1.79 bits per heavy atom. The van der Waals surface area contributed by atoms with Crippen molar-refractivity contribution in [2.45, 2.75) is 25.8 Å². The van der Waals surface area contributed by atoms with Crippen LogP contribution in [0, 0.1) is 28.7 Å². The lowest BCUT2D eigenvalue weighted by Gasteiger charge is -2.32. The third kappa shape index (κ3) is 4.39. The molecule has 2 amide bonds. The number of hydrogen-bond donors (Lipinski definition) is 1. The summed E-state index contributed by atoms with van der Waals surface area (Å²) in [6.07, 6.45) is 0.866. The first-order chi connectivity index (χ1) is 13.8. The highest BCUT2D eigenvalue weighted by Gasteiger charge is 2.27. The van der Waals surface area contributed by atoms with Crippen LogP contribution in [0.15, 0.2) is 36.4 Å². The lowest BCUT2D eigenvalue weighted by Crippen LogP contribution is -2.46. The van der Waals surface area contributed by atoms with Gasteiger partial charge < -0.3 is 10.2 Å². The number of carbonyl (C=O) groups excluding carboxylic acids is 2. The number of nitro benzene ring substituents is 1. The van der Waals surface area contributed by atoms with E-state index in [1.807, 2.05) is 0 Å². The maximum absolute atomic E-state index is 13.9. The Bertz CT molecular complexity index is 972. The maximum atomic E-state index is 13.9. The van der Waals surface area contributed by atoms with E-state index >= 15 is 0 Å². The molecule has 0 aliphatic carbocycles. The minimum Gasteiger partial charge on any atom is -0.349 e. The summed E-state index contributed by atoms with van der Waals surface area (Å²) in [6, 6.07) is 7.47. The number of rotatable bonds is 4. The maximum Gasteiger partial charge on any atom is 0.276 e. The molecule has 9 heteroatoms. The Morgan fingerprint density at radius 3 is 2.41 bits per heavy atom. The molecule has 7 nitrogen and oxygen atoms in total. The van der Waals surface area contributed by atoms with E-state index in [4.69, 9.17) is 0 Å². The molecule has 0 spiro atoms. The predicted octanol–water partition coefficient (Wildman–Crippen LogP) is 3.22. The van der Waals surface area contributed by atoms with Gasteiger partial charge in [-0.1, -0.05) is 12.1 Å². The van der Waals surface area contributed by atoms with Crippen molar-refractivity contribution < 1.29 is 23.3 Å². The van der Waals surface area contributed by atoms with Crippen molar-refractivity contribution in [1.29, 1.82) is 0 Å². The molecule has 0 radical (unpaired) electrons. The first kappa shape index (κ1) is 20.4. The number of halogens is 2. The van der Waals surface area contributed by atoms with Gasteiger partial charge >= 0.3 is 0 Å². The van der Waals surface area contributed by atoms with Gasteiger partial charge in [0.1, 0.15) is 11.6 Å². The number of nitro groups is 1. The van der Waals surface area contributed by atoms with Gasteiger partial charge in [0.2, 0.25) is 0 Å². The lowest BCUT2D eigenvalue weighted by molar-refractivity contribution is -0.385. The van der Waals surface area contributed by atoms with E-state index in [0.29, 0.717) is 25.9 Å². The highest BCUT2D eigenvalue weighted by molar-refractivity contribution is 5.96. The number of carbonyl (C=O) groups is 2. The summed E-state index contributed by atoms with van der Waals surface area (Å²) in [4.78, 5) is 36.6. The minimum atomic E-state index is -0.824. The number of amides is 2. The molecule has 2 aromatic rings. The molecule has 0 saturated carbocycles. The smallest absolute Gasteiger partial charge is 0.276 e. The fourth-order valence-corrected chi connectivity index (χ4v) is 3.29. The van der Waals surface area contributed by atoms with Crippen LogP contribution < -0.4 is 5.32 Å². The van der Waals surface area contributed by atoms with Crippen molar-refractivity contribution in [3.63, 3.8) is 0 Å². The minimum absolute atomic E-state index is 0.00238. The topological polar surface area (TPSA) is 92.6 Å². The fourth-order valence-electron chi connectivity index (χ4n) is 3.29. The molecule has 1 N–H and O–H groups in total.